The molecule has 0 unspecified atom stereocenters. The summed E-state index contributed by atoms with van der Waals surface area (Å²) < 4.78 is 46.2. The minimum absolute atomic E-state index is 0.622. The molecule has 0 radical (unpaired) electrons. The van der Waals surface area contributed by atoms with Gasteiger partial charge in [0, 0.05) is 88.8 Å². The molecule has 0 saturated heterocycles. The number of aryl methyl sites for hydroxylation is 4. The molecule has 10 aromatic heterocycles. The zero-order chi connectivity index (χ0) is 88.7. The predicted octanol–water partition coefficient (Wildman–Crippen LogP) is 41.1. The summed E-state index contributed by atoms with van der Waals surface area (Å²) in [4.78, 5) is 18.4. The second-order valence-electron chi connectivity index (χ2n) is 36.6. The molecule has 694 valence electrons. The fraction of sp³-hybridized carbons (Fsp3) is 0.586. The molecular weight excluding hydrogens is 1760 g/mol. The summed E-state index contributed by atoms with van der Waals surface area (Å²) in [6.45, 7) is 20.5. The van der Waals surface area contributed by atoms with Gasteiger partial charge in [-0.15, -0.1) is 90.7 Å². The number of hydrogen-bond acceptors (Lipinski definition) is 17. The Labute approximate surface area is 812 Å². The van der Waals surface area contributed by atoms with Crippen LogP contribution in [0.2, 0.25) is 0 Å². The maximum absolute atomic E-state index is 7.43. The van der Waals surface area contributed by atoms with Crippen LogP contribution in [0.4, 0.5) is 0 Å². The fourth-order valence-electron chi connectivity index (χ4n) is 18.8. The lowest BCUT2D eigenvalue weighted by atomic mass is 9.94. The first-order valence-electron chi connectivity index (χ1n) is 51.4. The molecule has 7 nitrogen and oxygen atoms in total. The number of nitrogens with zero attached hydrogens (tertiary/aromatic N) is 4. The Morgan fingerprint density at radius 2 is 0.453 bits per heavy atom. The van der Waals surface area contributed by atoms with Crippen LogP contribution < -0.4 is 14.2 Å². The van der Waals surface area contributed by atoms with E-state index in [-0.39, 0.29) is 0 Å². The van der Waals surface area contributed by atoms with Crippen molar-refractivity contribution in [2.45, 2.75) is 402 Å². The maximum Gasteiger partial charge on any atom is 0.172 e. The molecular formula is C111H152N4O3S10. The van der Waals surface area contributed by atoms with Gasteiger partial charge in [0.05, 0.1) is 60.0 Å². The Balaban J connectivity index is 0.881. The van der Waals surface area contributed by atoms with Gasteiger partial charge in [0.1, 0.15) is 27.8 Å². The highest BCUT2D eigenvalue weighted by Crippen LogP contribution is 2.57. The molecule has 17 heteroatoms. The Bertz CT molecular complexity index is 5270. The Hall–Kier alpha value is -5.18. The second kappa shape index (κ2) is 55.6. The van der Waals surface area contributed by atoms with Crippen molar-refractivity contribution < 1.29 is 14.2 Å². The smallest absolute Gasteiger partial charge is 0.172 e. The minimum atomic E-state index is 0.622. The topological polar surface area (TPSA) is 79.2 Å². The summed E-state index contributed by atoms with van der Waals surface area (Å²) in [6, 6.07) is 33.8. The molecule has 0 aliphatic heterocycles. The van der Waals surface area contributed by atoms with Gasteiger partial charge in [0.2, 0.25) is 0 Å². The zero-order valence-electron chi connectivity index (χ0n) is 79.5. The van der Waals surface area contributed by atoms with Crippen LogP contribution in [-0.4, -0.2) is 37.3 Å². The van der Waals surface area contributed by atoms with Crippen molar-refractivity contribution in [3.05, 3.63) is 111 Å². The molecule has 13 rings (SSSR count). The Morgan fingerprint density at radius 3 is 0.773 bits per heavy atom. The molecule has 0 N–H and O–H groups in total. The molecule has 0 spiro atoms. The summed E-state index contributed by atoms with van der Waals surface area (Å²) in [7, 11) is 0. The molecule has 0 aliphatic carbocycles. The molecule has 0 saturated carbocycles. The van der Waals surface area contributed by atoms with Crippen LogP contribution in [-0.2, 0) is 25.7 Å². The van der Waals surface area contributed by atoms with Crippen LogP contribution >= 0.6 is 114 Å². The van der Waals surface area contributed by atoms with E-state index in [2.05, 4.69) is 163 Å². The second-order valence-corrected chi connectivity index (χ2v) is 46.5. The lowest BCUT2D eigenvalue weighted by Crippen LogP contribution is -2.06. The van der Waals surface area contributed by atoms with E-state index in [0.717, 1.165) is 112 Å². The average Bonchev–Trinajstić information content (AvgIpc) is 1.58. The van der Waals surface area contributed by atoms with Crippen LogP contribution in [0.1, 0.15) is 396 Å². The summed E-state index contributed by atoms with van der Waals surface area (Å²) >= 11 is 18.4. The normalized spacial score (nSPS) is 12.0. The van der Waals surface area contributed by atoms with E-state index in [1.54, 1.807) is 11.1 Å². The summed E-state index contributed by atoms with van der Waals surface area (Å²) in [5.41, 5.74) is 12.4. The van der Waals surface area contributed by atoms with Gasteiger partial charge in [0.15, 0.2) is 11.5 Å². The van der Waals surface area contributed by atoms with Crippen molar-refractivity contribution in [3.8, 4) is 98.0 Å². The zero-order valence-corrected chi connectivity index (χ0v) is 87.6. The van der Waals surface area contributed by atoms with E-state index in [9.17, 15) is 0 Å². The maximum atomic E-state index is 7.43. The molecule has 0 amide bonds. The van der Waals surface area contributed by atoms with Crippen LogP contribution in [0, 0.1) is 6.92 Å². The van der Waals surface area contributed by atoms with Crippen molar-refractivity contribution in [1.82, 2.24) is 17.5 Å². The van der Waals surface area contributed by atoms with Crippen molar-refractivity contribution >= 4 is 156 Å². The Morgan fingerprint density at radius 1 is 0.219 bits per heavy atom. The first kappa shape index (κ1) is 100. The standard InChI is InChI=1S/C111H152N4O3S10/c1-9-16-23-30-37-39-41-43-47-54-61-83-85-78-97(91-69-71-93(123-91)99-80(8)107(116-75-56-49-34-27-20-13-5)100(104-103(99)112-127-113-104)94-72-67-89(121-94)87-65-63-81(119-87)59-52-45-32-25-18-11-3)125-110(85)84(62-55-48-44-42-40-38-31-24-17-10-2)86-79-98(126-111(83)86)92-70-74-96(124-92)102-106-105(114-128-115-106)101(95-73-68-90(122-95)88-66-64-82(120-88)60-53-46-33-26-19-12-4)108(117-76-57-50-35-28-21-14-6)109(102)118-77-58-51-36-29-22-15-7/h63-74,78-79H,9-62,75-77H2,1-8H3. The van der Waals surface area contributed by atoms with Gasteiger partial charge in [-0.25, -0.2) is 0 Å². The SMILES string of the molecule is CCCCCCCCCCCCc1c2cc(-c3ccc(-c4c(OCCCCCCCC)c(OCCCCCCCC)c(-c5ccc(-c6ccc(CCCCCCCC)s6)s5)c5nsnc45)s3)sc2c(CCCCCCCCCCCC)c2cc(-c3ccc(-c4c(C)c(OCCCCCCCC)c(-c5ccc(-c6ccc(CCCCCCCC)s6)s5)c5nsnc45)s3)sc12. The van der Waals surface area contributed by atoms with Crippen LogP contribution in [0.5, 0.6) is 17.2 Å². The van der Waals surface area contributed by atoms with Crippen molar-refractivity contribution in [2.75, 3.05) is 19.8 Å². The Kier molecular flexibility index (Phi) is 43.6. The molecule has 3 aromatic carbocycles. The van der Waals surface area contributed by atoms with Gasteiger partial charge in [-0.2, -0.15) is 17.5 Å². The highest BCUT2D eigenvalue weighted by atomic mass is 32.1. The number of ether oxygens (including phenoxy) is 3. The minimum Gasteiger partial charge on any atom is -0.493 e. The van der Waals surface area contributed by atoms with Crippen LogP contribution in [0.3, 0.4) is 0 Å². The fourth-order valence-corrected chi connectivity index (χ4v) is 29.1. The molecule has 10 heterocycles. The number of thiophene rings is 8. The van der Waals surface area contributed by atoms with Crippen LogP contribution in [0.15, 0.2) is 84.9 Å². The van der Waals surface area contributed by atoms with E-state index >= 15 is 0 Å². The molecule has 128 heavy (non-hydrogen) atoms. The summed E-state index contributed by atoms with van der Waals surface area (Å²) in [6.07, 6.45) is 68.4. The highest BCUT2D eigenvalue weighted by Gasteiger charge is 2.32. The number of unbranched alkanes of at least 4 members (excludes halogenated alkanes) is 43. The molecule has 0 aliphatic rings. The van der Waals surface area contributed by atoms with Crippen LogP contribution in [0.25, 0.3) is 123 Å². The van der Waals surface area contributed by atoms with E-state index in [1.165, 1.54) is 414 Å². The highest BCUT2D eigenvalue weighted by molar-refractivity contribution is 7.29. The lowest BCUT2D eigenvalue weighted by molar-refractivity contribution is 0.260. The first-order valence-corrected chi connectivity index (χ1v) is 59.3. The van der Waals surface area contributed by atoms with Gasteiger partial charge in [-0.05, 0) is 184 Å². The number of benzene rings is 3. The number of hydrogen-bond donors (Lipinski definition) is 0. The monoisotopic (exact) mass is 1910 g/mol. The van der Waals surface area contributed by atoms with Crippen molar-refractivity contribution in [1.29, 1.82) is 0 Å². The third-order valence-electron chi connectivity index (χ3n) is 26.2. The average molecular weight is 1910 g/mol. The van der Waals surface area contributed by atoms with E-state index < -0.39 is 0 Å². The summed E-state index contributed by atoms with van der Waals surface area (Å²) in [5.74, 6) is 2.66. The lowest BCUT2D eigenvalue weighted by Gasteiger charge is -2.20. The van der Waals surface area contributed by atoms with E-state index in [0.29, 0.717) is 19.8 Å². The van der Waals surface area contributed by atoms with E-state index in [1.807, 2.05) is 68.0 Å². The number of aromatic nitrogens is 4. The largest absolute Gasteiger partial charge is 0.493 e. The molecule has 13 aromatic rings. The van der Waals surface area contributed by atoms with Crippen molar-refractivity contribution in [3.63, 3.8) is 0 Å². The predicted molar refractivity (Wildman–Crippen MR) is 577 cm³/mol. The summed E-state index contributed by atoms with van der Waals surface area (Å²) in [5, 5.41) is 2.96. The van der Waals surface area contributed by atoms with Gasteiger partial charge < -0.3 is 14.2 Å². The van der Waals surface area contributed by atoms with Gasteiger partial charge in [-0.3, -0.25) is 0 Å². The number of fused-ring (bicyclic) bond motifs is 4. The van der Waals surface area contributed by atoms with Crippen molar-refractivity contribution in [2.24, 2.45) is 0 Å². The third kappa shape index (κ3) is 28.2. The molecule has 0 bridgehead atoms. The van der Waals surface area contributed by atoms with Gasteiger partial charge in [-0.1, -0.05) is 325 Å². The molecule has 0 fully saturated rings. The molecule has 0 atom stereocenters. The van der Waals surface area contributed by atoms with E-state index in [4.69, 9.17) is 31.7 Å². The van der Waals surface area contributed by atoms with Gasteiger partial charge in [0.25, 0.3) is 0 Å². The first-order chi connectivity index (χ1) is 63.2. The number of rotatable bonds is 68. The van der Waals surface area contributed by atoms with Gasteiger partial charge >= 0.3 is 0 Å². The third-order valence-corrected chi connectivity index (χ3v) is 37.2. The quantitative estimate of drug-likeness (QED) is 0.0351.